The second-order valence-electron chi connectivity index (χ2n) is 5.83. The van der Waals surface area contributed by atoms with Crippen LogP contribution < -0.4 is 10.6 Å². The van der Waals surface area contributed by atoms with Crippen molar-refractivity contribution in [1.82, 2.24) is 30.7 Å². The third-order valence-electron chi connectivity index (χ3n) is 4.01. The number of hydrogen-bond donors (Lipinski definition) is 5. The summed E-state index contributed by atoms with van der Waals surface area (Å²) in [7, 11) is 0. The molecule has 5 N–H and O–H groups in total. The van der Waals surface area contributed by atoms with Crippen LogP contribution in [0.2, 0.25) is 0 Å². The number of para-hydroxylation sites is 2. The first-order valence-electron chi connectivity index (χ1n) is 8.12. The lowest BCUT2D eigenvalue weighted by Crippen LogP contribution is -2.46. The zero-order chi connectivity index (χ0) is 18.8. The molecule has 0 bridgehead atoms. The van der Waals surface area contributed by atoms with Gasteiger partial charge in [-0.15, -0.1) is 0 Å². The van der Waals surface area contributed by atoms with E-state index in [1.54, 1.807) is 24.3 Å². The van der Waals surface area contributed by atoms with Gasteiger partial charge in [0, 0.05) is 5.56 Å². The fourth-order valence-electron chi connectivity index (χ4n) is 2.63. The van der Waals surface area contributed by atoms with Gasteiger partial charge in [-0.25, -0.2) is 4.98 Å². The highest BCUT2D eigenvalue weighted by molar-refractivity contribution is 6.02. The van der Waals surface area contributed by atoms with E-state index in [1.807, 2.05) is 18.2 Å². The smallest absolute Gasteiger partial charge is 0.252 e. The first-order valence-corrected chi connectivity index (χ1v) is 8.12. The van der Waals surface area contributed by atoms with Crippen molar-refractivity contribution in [3.63, 3.8) is 0 Å². The van der Waals surface area contributed by atoms with Gasteiger partial charge in [0.05, 0.1) is 17.6 Å². The molecule has 0 aliphatic rings. The van der Waals surface area contributed by atoms with Crippen LogP contribution in [0.15, 0.2) is 42.5 Å². The van der Waals surface area contributed by atoms with Crippen LogP contribution in [0.5, 0.6) is 0 Å². The fourth-order valence-corrected chi connectivity index (χ4v) is 2.63. The standard InChI is InChI=1S/C17H15N7O3/c25-8-14(16(27)21-17-19-10-3-1-2-4-11(10)20-17)18-15(26)9-5-6-12-13(7-9)23-24-22-12/h1-7,14,25H,8H2,(H,18,26)(H,22,23,24)(H2,19,20,21,27)/t14-/m0/s1. The van der Waals surface area contributed by atoms with Gasteiger partial charge < -0.3 is 15.4 Å². The number of rotatable bonds is 5. The van der Waals surface area contributed by atoms with E-state index in [-0.39, 0.29) is 5.95 Å². The van der Waals surface area contributed by atoms with E-state index in [4.69, 9.17) is 0 Å². The summed E-state index contributed by atoms with van der Waals surface area (Å²) in [5.41, 5.74) is 2.89. The number of aromatic amines is 2. The Balaban J connectivity index is 1.47. The molecular weight excluding hydrogens is 350 g/mol. The number of carbonyl (C=O) groups excluding carboxylic acids is 2. The molecule has 2 amide bonds. The number of anilines is 1. The topological polar surface area (TPSA) is 149 Å². The number of benzene rings is 2. The summed E-state index contributed by atoms with van der Waals surface area (Å²) in [5.74, 6) is -0.871. The molecule has 4 aromatic rings. The molecule has 0 saturated heterocycles. The quantitative estimate of drug-likeness (QED) is 0.349. The van der Waals surface area contributed by atoms with Crippen molar-refractivity contribution in [2.75, 3.05) is 11.9 Å². The predicted molar refractivity (Wildman–Crippen MR) is 97.0 cm³/mol. The first-order chi connectivity index (χ1) is 13.1. The number of H-pyrrole nitrogens is 2. The summed E-state index contributed by atoms with van der Waals surface area (Å²) in [6, 6.07) is 10.9. The van der Waals surface area contributed by atoms with Gasteiger partial charge in [-0.1, -0.05) is 12.1 Å². The maximum Gasteiger partial charge on any atom is 0.252 e. The van der Waals surface area contributed by atoms with Gasteiger partial charge in [0.25, 0.3) is 11.8 Å². The second-order valence-corrected chi connectivity index (χ2v) is 5.83. The Labute approximate surface area is 152 Å². The predicted octanol–water partition coefficient (Wildman–Crippen LogP) is 0.564. The Morgan fingerprint density at radius 1 is 1.07 bits per heavy atom. The fraction of sp³-hybridized carbons (Fsp3) is 0.118. The van der Waals surface area contributed by atoms with E-state index < -0.39 is 24.5 Å². The normalized spacial score (nSPS) is 12.2. The van der Waals surface area contributed by atoms with Crippen molar-refractivity contribution in [2.45, 2.75) is 6.04 Å². The monoisotopic (exact) mass is 365 g/mol. The maximum atomic E-state index is 12.4. The molecule has 4 rings (SSSR count). The van der Waals surface area contributed by atoms with E-state index in [0.29, 0.717) is 22.1 Å². The largest absolute Gasteiger partial charge is 0.394 e. The van der Waals surface area contributed by atoms with Crippen LogP contribution in [-0.4, -0.2) is 54.9 Å². The Kier molecular flexibility index (Phi) is 4.22. The van der Waals surface area contributed by atoms with Crippen molar-refractivity contribution in [1.29, 1.82) is 0 Å². The lowest BCUT2D eigenvalue weighted by molar-refractivity contribution is -0.118. The molecule has 0 unspecified atom stereocenters. The van der Waals surface area contributed by atoms with Gasteiger partial charge >= 0.3 is 0 Å². The number of aliphatic hydroxyl groups is 1. The lowest BCUT2D eigenvalue weighted by Gasteiger charge is -2.15. The highest BCUT2D eigenvalue weighted by atomic mass is 16.3. The van der Waals surface area contributed by atoms with E-state index in [2.05, 4.69) is 36.0 Å². The van der Waals surface area contributed by atoms with E-state index in [9.17, 15) is 14.7 Å². The summed E-state index contributed by atoms with van der Waals surface area (Å²) in [4.78, 5) is 32.0. The number of fused-ring (bicyclic) bond motifs is 2. The summed E-state index contributed by atoms with van der Waals surface area (Å²) in [6.07, 6.45) is 0. The van der Waals surface area contributed by atoms with Crippen molar-refractivity contribution >= 4 is 39.8 Å². The van der Waals surface area contributed by atoms with Crippen LogP contribution in [0.3, 0.4) is 0 Å². The van der Waals surface area contributed by atoms with Crippen molar-refractivity contribution in [3.8, 4) is 0 Å². The number of amides is 2. The Bertz CT molecular complexity index is 1100. The molecule has 136 valence electrons. The summed E-state index contributed by atoms with van der Waals surface area (Å²) in [5, 5.41) is 24.9. The number of carbonyl (C=O) groups is 2. The summed E-state index contributed by atoms with van der Waals surface area (Å²) in [6.45, 7) is -0.565. The first kappa shape index (κ1) is 16.7. The van der Waals surface area contributed by atoms with Gasteiger partial charge in [-0.3, -0.25) is 14.9 Å². The Morgan fingerprint density at radius 3 is 2.70 bits per heavy atom. The molecule has 0 aliphatic carbocycles. The highest BCUT2D eigenvalue weighted by Crippen LogP contribution is 2.14. The molecule has 0 aliphatic heterocycles. The second kappa shape index (κ2) is 6.84. The highest BCUT2D eigenvalue weighted by Gasteiger charge is 2.22. The molecule has 0 spiro atoms. The number of nitrogens with one attached hydrogen (secondary N) is 4. The molecule has 0 fully saturated rings. The van der Waals surface area contributed by atoms with Crippen molar-refractivity contribution in [2.24, 2.45) is 0 Å². The van der Waals surface area contributed by atoms with Gasteiger partial charge in [-0.05, 0) is 30.3 Å². The van der Waals surface area contributed by atoms with E-state index in [1.165, 1.54) is 0 Å². The van der Waals surface area contributed by atoms with Crippen molar-refractivity contribution < 1.29 is 14.7 Å². The van der Waals surface area contributed by atoms with Gasteiger partial charge in [-0.2, -0.15) is 15.4 Å². The van der Waals surface area contributed by atoms with Crippen LogP contribution in [0.4, 0.5) is 5.95 Å². The third-order valence-corrected chi connectivity index (χ3v) is 4.01. The molecule has 10 nitrogen and oxygen atoms in total. The van der Waals surface area contributed by atoms with Crippen LogP contribution in [0, 0.1) is 0 Å². The minimum absolute atomic E-state index is 0.234. The van der Waals surface area contributed by atoms with Gasteiger partial charge in [0.15, 0.2) is 0 Å². The van der Waals surface area contributed by atoms with E-state index >= 15 is 0 Å². The molecule has 27 heavy (non-hydrogen) atoms. The number of imidazole rings is 1. The Hall–Kier alpha value is -3.79. The summed E-state index contributed by atoms with van der Waals surface area (Å²) < 4.78 is 0. The molecule has 0 radical (unpaired) electrons. The molecule has 1 atom stereocenters. The molecular formula is C17H15N7O3. The zero-order valence-corrected chi connectivity index (χ0v) is 13.9. The number of aromatic nitrogens is 5. The SMILES string of the molecule is O=C(N[C@@H](CO)C(=O)Nc1nc2ccccc2[nH]1)c1ccc2n[nH]nc2c1. The summed E-state index contributed by atoms with van der Waals surface area (Å²) >= 11 is 0. The molecule has 10 heteroatoms. The average molecular weight is 365 g/mol. The minimum atomic E-state index is -1.14. The van der Waals surface area contributed by atoms with Crippen LogP contribution in [0.25, 0.3) is 22.1 Å². The molecule has 0 saturated carbocycles. The molecule has 2 aromatic heterocycles. The van der Waals surface area contributed by atoms with E-state index in [0.717, 1.165) is 5.52 Å². The van der Waals surface area contributed by atoms with Gasteiger partial charge in [0.1, 0.15) is 17.1 Å². The Morgan fingerprint density at radius 2 is 1.89 bits per heavy atom. The third kappa shape index (κ3) is 3.33. The van der Waals surface area contributed by atoms with Crippen LogP contribution >= 0.6 is 0 Å². The van der Waals surface area contributed by atoms with Crippen LogP contribution in [0.1, 0.15) is 10.4 Å². The zero-order valence-electron chi connectivity index (χ0n) is 13.9. The molecule has 2 heterocycles. The van der Waals surface area contributed by atoms with Crippen molar-refractivity contribution in [3.05, 3.63) is 48.0 Å². The minimum Gasteiger partial charge on any atom is -0.394 e. The van der Waals surface area contributed by atoms with Gasteiger partial charge in [0.2, 0.25) is 5.95 Å². The number of nitrogens with zero attached hydrogens (tertiary/aromatic N) is 3. The molecule has 2 aromatic carbocycles. The lowest BCUT2D eigenvalue weighted by atomic mass is 10.1. The average Bonchev–Trinajstić information content (AvgIpc) is 3.30. The van der Waals surface area contributed by atoms with Crippen LogP contribution in [-0.2, 0) is 4.79 Å². The maximum absolute atomic E-state index is 12.4. The number of aliphatic hydroxyl groups excluding tert-OH is 1. The number of hydrogen-bond acceptors (Lipinski definition) is 6.